The van der Waals surface area contributed by atoms with E-state index in [4.69, 9.17) is 23.7 Å². The number of hydrogen-bond acceptors (Lipinski definition) is 5. The van der Waals surface area contributed by atoms with Crippen LogP contribution >= 0.6 is 0 Å². The minimum Gasteiger partial charge on any atom is -0.662 e. The van der Waals surface area contributed by atoms with E-state index in [1.165, 1.54) is 11.1 Å². The van der Waals surface area contributed by atoms with Crippen LogP contribution in [0.2, 0.25) is 0 Å². The van der Waals surface area contributed by atoms with Crippen LogP contribution in [0.1, 0.15) is 59.3 Å². The summed E-state index contributed by atoms with van der Waals surface area (Å²) in [6.07, 6.45) is 11.3. The van der Waals surface area contributed by atoms with Gasteiger partial charge in [0, 0.05) is 48.4 Å². The van der Waals surface area contributed by atoms with E-state index in [-0.39, 0.29) is 30.5 Å². The van der Waals surface area contributed by atoms with E-state index < -0.39 is 0 Å². The highest BCUT2D eigenvalue weighted by atomic mass is 16.5. The van der Waals surface area contributed by atoms with Gasteiger partial charge in [0.2, 0.25) is 0 Å². The standard InChI is InChI=1S/C27H50NO5/c1-11-12-23(29-6)16-24(30-7)17-25(31-8)18-26(32-9)19-27(33-10)21(3)15-20(2)13-14-22(4)28-5/h11,13,15,22-27H,1,12,14,16-19H2,2-10H3/q-1. The molecule has 6 nitrogen and oxygen atoms in total. The minimum atomic E-state index is -0.0206. The third-order valence-electron chi connectivity index (χ3n) is 6.29. The quantitative estimate of drug-likeness (QED) is 0.165. The maximum Gasteiger partial charge on any atom is 0.0806 e. The summed E-state index contributed by atoms with van der Waals surface area (Å²) in [5, 5.41) is 4.29. The van der Waals surface area contributed by atoms with E-state index in [1.54, 1.807) is 35.5 Å². The molecule has 0 N–H and O–H groups in total. The number of ether oxygens (including phenoxy) is 5. The fraction of sp³-hybridized carbons (Fsp3) is 0.778. The highest BCUT2D eigenvalue weighted by molar-refractivity contribution is 5.23. The molecule has 0 amide bonds. The predicted molar refractivity (Wildman–Crippen MR) is 138 cm³/mol. The van der Waals surface area contributed by atoms with Gasteiger partial charge >= 0.3 is 0 Å². The first-order chi connectivity index (χ1) is 15.8. The van der Waals surface area contributed by atoms with E-state index in [0.29, 0.717) is 6.04 Å². The van der Waals surface area contributed by atoms with E-state index >= 15 is 0 Å². The van der Waals surface area contributed by atoms with Crippen LogP contribution in [-0.4, -0.2) is 79.2 Å². The number of nitrogens with zero attached hydrogens (tertiary/aromatic N) is 1. The first-order valence-corrected chi connectivity index (χ1v) is 12.0. The predicted octanol–water partition coefficient (Wildman–Crippen LogP) is 5.87. The SMILES string of the molecule is C=CCC(CC(CC(CC(CC(OC)C(C)=CC(C)=CCC(C)[N-]C)OC)OC)OC)OC. The third-order valence-corrected chi connectivity index (χ3v) is 6.29. The van der Waals surface area contributed by atoms with Crippen molar-refractivity contribution >= 4 is 0 Å². The lowest BCUT2D eigenvalue weighted by atomic mass is 9.95. The lowest BCUT2D eigenvalue weighted by Gasteiger charge is -2.28. The van der Waals surface area contributed by atoms with Gasteiger partial charge in [-0.25, -0.2) is 0 Å². The van der Waals surface area contributed by atoms with Crippen LogP contribution < -0.4 is 0 Å². The molecule has 0 aromatic heterocycles. The van der Waals surface area contributed by atoms with Crippen LogP contribution in [0.15, 0.2) is 36.0 Å². The maximum absolute atomic E-state index is 5.83. The molecule has 6 unspecified atom stereocenters. The summed E-state index contributed by atoms with van der Waals surface area (Å²) < 4.78 is 28.7. The molecule has 0 rings (SSSR count). The Balaban J connectivity index is 5.08. The van der Waals surface area contributed by atoms with Crippen LogP contribution in [0.25, 0.3) is 5.32 Å². The monoisotopic (exact) mass is 468 g/mol. The van der Waals surface area contributed by atoms with Crippen molar-refractivity contribution in [2.45, 2.75) is 95.9 Å². The summed E-state index contributed by atoms with van der Waals surface area (Å²) in [6.45, 7) is 10.2. The zero-order valence-electron chi connectivity index (χ0n) is 22.6. The average molecular weight is 469 g/mol. The Morgan fingerprint density at radius 1 is 0.758 bits per heavy atom. The summed E-state index contributed by atoms with van der Waals surface area (Å²) in [5.74, 6) is 0. The number of methoxy groups -OCH3 is 5. The van der Waals surface area contributed by atoms with E-state index in [9.17, 15) is 0 Å². The summed E-state index contributed by atoms with van der Waals surface area (Å²) in [7, 11) is 10.6. The van der Waals surface area contributed by atoms with Crippen molar-refractivity contribution in [1.29, 1.82) is 0 Å². The van der Waals surface area contributed by atoms with Crippen LogP contribution in [0, 0.1) is 0 Å². The van der Waals surface area contributed by atoms with Gasteiger partial charge in [-0.3, -0.25) is 0 Å². The van der Waals surface area contributed by atoms with Crippen molar-refractivity contribution in [2.75, 3.05) is 42.6 Å². The molecule has 0 aliphatic rings. The number of allylic oxidation sites excluding steroid dienone is 2. The zero-order chi connectivity index (χ0) is 25.2. The lowest BCUT2D eigenvalue weighted by molar-refractivity contribution is -0.0388. The van der Waals surface area contributed by atoms with Gasteiger partial charge in [-0.05, 0) is 38.7 Å². The van der Waals surface area contributed by atoms with Gasteiger partial charge in [0.05, 0.1) is 30.5 Å². The molecular formula is C27H50NO5-. The summed E-state index contributed by atoms with van der Waals surface area (Å²) in [6, 6.07) is 0.336. The van der Waals surface area contributed by atoms with Crippen molar-refractivity contribution in [3.05, 3.63) is 41.3 Å². The van der Waals surface area contributed by atoms with Crippen molar-refractivity contribution < 1.29 is 23.7 Å². The second-order valence-electron chi connectivity index (χ2n) is 8.80. The molecule has 33 heavy (non-hydrogen) atoms. The first kappa shape index (κ1) is 32.0. The molecule has 0 aliphatic heterocycles. The van der Waals surface area contributed by atoms with Crippen LogP contribution in [0.5, 0.6) is 0 Å². The van der Waals surface area contributed by atoms with Crippen LogP contribution in [0.4, 0.5) is 0 Å². The number of hydrogen-bond donors (Lipinski definition) is 0. The van der Waals surface area contributed by atoms with Gasteiger partial charge in [-0.15, -0.1) is 12.6 Å². The van der Waals surface area contributed by atoms with E-state index in [1.807, 2.05) is 13.1 Å². The summed E-state index contributed by atoms with van der Waals surface area (Å²) in [4.78, 5) is 0. The molecule has 0 aliphatic carbocycles. The molecule has 0 heterocycles. The van der Waals surface area contributed by atoms with Crippen molar-refractivity contribution in [2.24, 2.45) is 0 Å². The lowest BCUT2D eigenvalue weighted by Crippen LogP contribution is -2.31. The zero-order valence-corrected chi connectivity index (χ0v) is 22.6. The molecule has 0 spiro atoms. The molecule has 0 saturated carbocycles. The van der Waals surface area contributed by atoms with Crippen molar-refractivity contribution in [1.82, 2.24) is 0 Å². The molecule has 6 atom stereocenters. The molecule has 0 fully saturated rings. The van der Waals surface area contributed by atoms with Crippen molar-refractivity contribution in [3.63, 3.8) is 0 Å². The van der Waals surface area contributed by atoms with Crippen LogP contribution in [0.3, 0.4) is 0 Å². The Morgan fingerprint density at radius 3 is 1.67 bits per heavy atom. The topological polar surface area (TPSA) is 60.3 Å². The molecule has 0 aromatic rings. The summed E-state index contributed by atoms with van der Waals surface area (Å²) >= 11 is 0. The Bertz CT molecular complexity index is 563. The van der Waals surface area contributed by atoms with E-state index in [0.717, 1.165) is 38.5 Å². The van der Waals surface area contributed by atoms with Crippen molar-refractivity contribution in [3.8, 4) is 0 Å². The molecular weight excluding hydrogens is 418 g/mol. The highest BCUT2D eigenvalue weighted by Crippen LogP contribution is 2.23. The molecule has 0 bridgehead atoms. The maximum atomic E-state index is 5.83. The Morgan fingerprint density at radius 2 is 1.24 bits per heavy atom. The Labute approximate surface area is 203 Å². The van der Waals surface area contributed by atoms with Gasteiger partial charge < -0.3 is 29.0 Å². The van der Waals surface area contributed by atoms with Gasteiger partial charge in [-0.1, -0.05) is 37.1 Å². The second kappa shape index (κ2) is 19.3. The Hall–Kier alpha value is -1.02. The molecule has 0 saturated heterocycles. The highest BCUT2D eigenvalue weighted by Gasteiger charge is 2.25. The fourth-order valence-corrected chi connectivity index (χ4v) is 3.90. The third kappa shape index (κ3) is 14.1. The fourth-order valence-electron chi connectivity index (χ4n) is 3.90. The smallest absolute Gasteiger partial charge is 0.0806 e. The van der Waals surface area contributed by atoms with Crippen LogP contribution in [-0.2, 0) is 23.7 Å². The van der Waals surface area contributed by atoms with E-state index in [2.05, 4.69) is 44.8 Å². The molecule has 194 valence electrons. The van der Waals surface area contributed by atoms with Gasteiger partial charge in [0.15, 0.2) is 0 Å². The normalized spacial score (nSPS) is 18.5. The Kier molecular flexibility index (Phi) is 18.7. The first-order valence-electron chi connectivity index (χ1n) is 12.0. The van der Waals surface area contributed by atoms with Gasteiger partial charge in [-0.2, -0.15) is 7.05 Å². The largest absolute Gasteiger partial charge is 0.662 e. The average Bonchev–Trinajstić information content (AvgIpc) is 2.82. The molecule has 6 heteroatoms. The number of rotatable bonds is 20. The minimum absolute atomic E-state index is 0.00959. The molecule has 0 aromatic carbocycles. The van der Waals surface area contributed by atoms with Gasteiger partial charge in [0.25, 0.3) is 0 Å². The summed E-state index contributed by atoms with van der Waals surface area (Å²) in [5.41, 5.74) is 2.41. The molecule has 0 radical (unpaired) electrons. The second-order valence-corrected chi connectivity index (χ2v) is 8.80. The van der Waals surface area contributed by atoms with Gasteiger partial charge in [0.1, 0.15) is 0 Å².